The van der Waals surface area contributed by atoms with Gasteiger partial charge in [-0.25, -0.2) is 4.98 Å². The van der Waals surface area contributed by atoms with Crippen LogP contribution in [-0.4, -0.2) is 24.9 Å². The van der Waals surface area contributed by atoms with Gasteiger partial charge in [-0.1, -0.05) is 41.6 Å². The van der Waals surface area contributed by atoms with Crippen molar-refractivity contribution in [2.45, 2.75) is 36.4 Å². The van der Waals surface area contributed by atoms with E-state index in [9.17, 15) is 5.11 Å². The van der Waals surface area contributed by atoms with E-state index in [2.05, 4.69) is 21.2 Å². The smallest absolute Gasteiger partial charge is 0.191 e. The van der Waals surface area contributed by atoms with Gasteiger partial charge in [-0.3, -0.25) is 0 Å². The third kappa shape index (κ3) is 2.94. The van der Waals surface area contributed by atoms with Gasteiger partial charge >= 0.3 is 0 Å². The number of benzene rings is 1. The maximum absolute atomic E-state index is 9.39. The second-order valence-corrected chi connectivity index (χ2v) is 6.88. The Labute approximate surface area is 142 Å². The molecule has 0 amide bonds. The Morgan fingerprint density at radius 2 is 2.09 bits per heavy atom. The molecule has 0 spiro atoms. The molecule has 1 saturated carbocycles. The molecular formula is C16H15ClN4OS. The van der Waals surface area contributed by atoms with Crippen LogP contribution in [0.1, 0.15) is 30.3 Å². The molecule has 0 radical (unpaired) electrons. The predicted octanol–water partition coefficient (Wildman–Crippen LogP) is 3.60. The topological polar surface area (TPSA) is 63.8 Å². The molecule has 4 rings (SSSR count). The summed E-state index contributed by atoms with van der Waals surface area (Å²) in [5, 5.41) is 20.1. The Morgan fingerprint density at radius 1 is 1.26 bits per heavy atom. The van der Waals surface area contributed by atoms with Gasteiger partial charge in [0.05, 0.1) is 5.52 Å². The number of halogens is 1. The van der Waals surface area contributed by atoms with E-state index < -0.39 is 0 Å². The van der Waals surface area contributed by atoms with Crippen LogP contribution in [0.2, 0.25) is 5.15 Å². The molecule has 1 aliphatic carbocycles. The van der Waals surface area contributed by atoms with Crippen molar-refractivity contribution in [3.63, 3.8) is 0 Å². The molecule has 118 valence electrons. The summed E-state index contributed by atoms with van der Waals surface area (Å²) in [6.45, 7) is -0.0810. The molecule has 1 N–H and O–H groups in total. The lowest BCUT2D eigenvalue weighted by molar-refractivity contribution is 0.263. The summed E-state index contributed by atoms with van der Waals surface area (Å²) in [7, 11) is 0. The van der Waals surface area contributed by atoms with Gasteiger partial charge in [0.2, 0.25) is 0 Å². The maximum Gasteiger partial charge on any atom is 0.191 e. The average molecular weight is 347 g/mol. The highest BCUT2D eigenvalue weighted by Gasteiger charge is 2.29. The molecule has 2 heterocycles. The van der Waals surface area contributed by atoms with E-state index in [1.165, 1.54) is 0 Å². The van der Waals surface area contributed by atoms with Crippen LogP contribution in [0.4, 0.5) is 0 Å². The Hall–Kier alpha value is -1.63. The first-order valence-electron chi connectivity index (χ1n) is 7.48. The molecule has 1 fully saturated rings. The van der Waals surface area contributed by atoms with Crippen molar-refractivity contribution >= 4 is 34.3 Å². The average Bonchev–Trinajstić information content (AvgIpc) is 3.32. The van der Waals surface area contributed by atoms with E-state index in [0.29, 0.717) is 22.8 Å². The van der Waals surface area contributed by atoms with Gasteiger partial charge in [0.15, 0.2) is 11.0 Å². The van der Waals surface area contributed by atoms with Crippen LogP contribution in [0.25, 0.3) is 10.9 Å². The highest BCUT2D eigenvalue weighted by molar-refractivity contribution is 7.98. The molecule has 0 bridgehead atoms. The van der Waals surface area contributed by atoms with Gasteiger partial charge in [0, 0.05) is 22.7 Å². The fraction of sp³-hybridized carbons (Fsp3) is 0.312. The molecule has 5 nitrogen and oxygen atoms in total. The molecule has 1 aliphatic rings. The lowest BCUT2D eigenvalue weighted by Gasteiger charge is -2.08. The predicted molar refractivity (Wildman–Crippen MR) is 90.5 cm³/mol. The number of rotatable bonds is 5. The van der Waals surface area contributed by atoms with Crippen LogP contribution in [0.15, 0.2) is 35.5 Å². The number of fused-ring (bicyclic) bond motifs is 1. The third-order valence-corrected chi connectivity index (χ3v) is 5.21. The third-order valence-electron chi connectivity index (χ3n) is 3.90. The Kier molecular flexibility index (Phi) is 3.97. The van der Waals surface area contributed by atoms with E-state index in [-0.39, 0.29) is 6.61 Å². The number of pyridine rings is 1. The van der Waals surface area contributed by atoms with Crippen molar-refractivity contribution in [1.82, 2.24) is 19.7 Å². The molecule has 3 aromatic rings. The summed E-state index contributed by atoms with van der Waals surface area (Å²) in [4.78, 5) is 4.45. The number of aromatic nitrogens is 4. The Morgan fingerprint density at radius 3 is 2.87 bits per heavy atom. The summed E-state index contributed by atoms with van der Waals surface area (Å²) in [6, 6.07) is 10.4. The maximum atomic E-state index is 9.39. The first-order chi connectivity index (χ1) is 11.3. The lowest BCUT2D eigenvalue weighted by atomic mass is 10.2. The van der Waals surface area contributed by atoms with Gasteiger partial charge in [-0.2, -0.15) is 0 Å². The van der Waals surface area contributed by atoms with Crippen LogP contribution in [-0.2, 0) is 12.4 Å². The molecule has 23 heavy (non-hydrogen) atoms. The summed E-state index contributed by atoms with van der Waals surface area (Å²) < 4.78 is 2.05. The highest BCUT2D eigenvalue weighted by Crippen LogP contribution is 2.39. The number of thioether (sulfide) groups is 1. The van der Waals surface area contributed by atoms with Crippen LogP contribution < -0.4 is 0 Å². The summed E-state index contributed by atoms with van der Waals surface area (Å²) in [5.41, 5.74) is 1.88. The van der Waals surface area contributed by atoms with Crippen molar-refractivity contribution in [2.24, 2.45) is 0 Å². The second kappa shape index (κ2) is 6.11. The minimum absolute atomic E-state index is 0.0810. The van der Waals surface area contributed by atoms with E-state index in [1.54, 1.807) is 11.8 Å². The number of aliphatic hydroxyl groups is 1. The van der Waals surface area contributed by atoms with E-state index >= 15 is 0 Å². The van der Waals surface area contributed by atoms with Crippen molar-refractivity contribution in [2.75, 3.05) is 0 Å². The molecule has 7 heteroatoms. The number of para-hydroxylation sites is 1. The molecule has 1 aromatic carbocycles. The Bertz CT molecular complexity index is 862. The van der Waals surface area contributed by atoms with E-state index in [1.807, 2.05) is 28.8 Å². The van der Waals surface area contributed by atoms with Crippen LogP contribution in [0.3, 0.4) is 0 Å². The number of hydrogen-bond acceptors (Lipinski definition) is 5. The summed E-state index contributed by atoms with van der Waals surface area (Å²) in [5.74, 6) is 1.31. The van der Waals surface area contributed by atoms with Crippen molar-refractivity contribution in [3.05, 3.63) is 46.9 Å². The summed E-state index contributed by atoms with van der Waals surface area (Å²) >= 11 is 7.89. The summed E-state index contributed by atoms with van der Waals surface area (Å²) in [6.07, 6.45) is 2.24. The fourth-order valence-electron chi connectivity index (χ4n) is 2.59. The molecule has 0 aliphatic heterocycles. The normalized spacial score (nSPS) is 14.5. The number of hydrogen-bond donors (Lipinski definition) is 1. The molecule has 0 unspecified atom stereocenters. The van der Waals surface area contributed by atoms with Crippen molar-refractivity contribution in [3.8, 4) is 0 Å². The van der Waals surface area contributed by atoms with Gasteiger partial charge in [0.1, 0.15) is 11.8 Å². The number of nitrogens with zero attached hydrogens (tertiary/aromatic N) is 4. The largest absolute Gasteiger partial charge is 0.388 e. The zero-order valence-corrected chi connectivity index (χ0v) is 13.9. The minimum atomic E-state index is -0.0810. The molecular weight excluding hydrogens is 332 g/mol. The molecule has 0 atom stereocenters. The molecule has 0 saturated heterocycles. The van der Waals surface area contributed by atoms with Crippen LogP contribution in [0.5, 0.6) is 0 Å². The Balaban J connectivity index is 1.60. The lowest BCUT2D eigenvalue weighted by Crippen LogP contribution is -2.03. The molecule has 2 aromatic heterocycles. The van der Waals surface area contributed by atoms with Gasteiger partial charge in [0.25, 0.3) is 0 Å². The SMILES string of the molecule is OCc1nnc(SCc2cc3ccccc3nc2Cl)n1C1CC1. The van der Waals surface area contributed by atoms with Gasteiger partial charge in [-0.15, -0.1) is 10.2 Å². The minimum Gasteiger partial charge on any atom is -0.388 e. The van der Waals surface area contributed by atoms with Gasteiger partial charge < -0.3 is 9.67 Å². The van der Waals surface area contributed by atoms with E-state index in [0.717, 1.165) is 34.5 Å². The number of aliphatic hydroxyl groups excluding tert-OH is 1. The first-order valence-corrected chi connectivity index (χ1v) is 8.84. The quantitative estimate of drug-likeness (QED) is 0.565. The standard InChI is InChI=1S/C16H15ClN4OS/c17-15-11(7-10-3-1-2-4-13(10)18-15)9-23-16-20-19-14(8-22)21(16)12-5-6-12/h1-4,7,12,22H,5-6,8-9H2. The van der Waals surface area contributed by atoms with Crippen molar-refractivity contribution in [1.29, 1.82) is 0 Å². The zero-order valence-electron chi connectivity index (χ0n) is 12.3. The fourth-order valence-corrected chi connectivity index (χ4v) is 3.88. The van der Waals surface area contributed by atoms with Crippen LogP contribution in [0, 0.1) is 0 Å². The second-order valence-electron chi connectivity index (χ2n) is 5.58. The van der Waals surface area contributed by atoms with E-state index in [4.69, 9.17) is 11.6 Å². The highest BCUT2D eigenvalue weighted by atomic mass is 35.5. The zero-order chi connectivity index (χ0) is 15.8. The first kappa shape index (κ1) is 14.9. The van der Waals surface area contributed by atoms with Crippen molar-refractivity contribution < 1.29 is 5.11 Å². The van der Waals surface area contributed by atoms with Crippen LogP contribution >= 0.6 is 23.4 Å². The monoisotopic (exact) mass is 346 g/mol. The van der Waals surface area contributed by atoms with Gasteiger partial charge in [-0.05, 0) is 25.0 Å².